The Kier molecular flexibility index (Phi) is 4.73. The van der Waals surface area contributed by atoms with Crippen molar-refractivity contribution in [1.82, 2.24) is 20.0 Å². The zero-order valence-corrected chi connectivity index (χ0v) is 12.0. The Morgan fingerprint density at radius 3 is 2.94 bits per heavy atom. The topological polar surface area (TPSA) is 62.2 Å². The zero-order valence-electron chi connectivity index (χ0n) is 10.4. The van der Waals surface area contributed by atoms with Crippen LogP contribution < -0.4 is 16.2 Å². The van der Waals surface area contributed by atoms with Gasteiger partial charge in [0, 0.05) is 46.3 Å². The molecule has 0 aromatic carbocycles. The van der Waals surface area contributed by atoms with Crippen LogP contribution in [0.4, 0.5) is 5.69 Å². The molecule has 7 heteroatoms. The van der Waals surface area contributed by atoms with Crippen molar-refractivity contribution in [3.05, 3.63) is 21.0 Å². The number of hydrogen-bond donors (Lipinski definition) is 2. The average Bonchev–Trinajstić information content (AvgIpc) is 2.40. The van der Waals surface area contributed by atoms with Gasteiger partial charge in [-0.1, -0.05) is 0 Å². The van der Waals surface area contributed by atoms with Gasteiger partial charge in [0.2, 0.25) is 0 Å². The summed E-state index contributed by atoms with van der Waals surface area (Å²) in [5.41, 5.74) is 0.635. The van der Waals surface area contributed by atoms with E-state index in [-0.39, 0.29) is 5.56 Å². The second-order valence-electron chi connectivity index (χ2n) is 4.32. The quantitative estimate of drug-likeness (QED) is 0.810. The number of anilines is 1. The molecule has 0 bridgehead atoms. The van der Waals surface area contributed by atoms with E-state index in [0.29, 0.717) is 4.47 Å². The average molecular weight is 316 g/mol. The highest BCUT2D eigenvalue weighted by atomic mass is 79.9. The molecule has 0 atom stereocenters. The summed E-state index contributed by atoms with van der Waals surface area (Å²) in [5.74, 6) is 0. The van der Waals surface area contributed by atoms with Crippen molar-refractivity contribution in [3.63, 3.8) is 0 Å². The van der Waals surface area contributed by atoms with Gasteiger partial charge in [-0.15, -0.1) is 0 Å². The van der Waals surface area contributed by atoms with Gasteiger partial charge < -0.3 is 10.6 Å². The minimum absolute atomic E-state index is 0.123. The lowest BCUT2D eigenvalue weighted by atomic mass is 10.3. The van der Waals surface area contributed by atoms with E-state index >= 15 is 0 Å². The lowest BCUT2D eigenvalue weighted by Crippen LogP contribution is -2.45. The summed E-state index contributed by atoms with van der Waals surface area (Å²) in [5, 5.41) is 10.6. The number of aromatic nitrogens is 2. The normalized spacial score (nSPS) is 16.8. The summed E-state index contributed by atoms with van der Waals surface area (Å²) in [6.07, 6.45) is 1.67. The van der Waals surface area contributed by atoms with Crippen molar-refractivity contribution < 1.29 is 0 Å². The van der Waals surface area contributed by atoms with Gasteiger partial charge in [-0.25, -0.2) is 4.68 Å². The maximum atomic E-state index is 11.6. The Labute approximate surface area is 114 Å². The highest BCUT2D eigenvalue weighted by molar-refractivity contribution is 9.10. The van der Waals surface area contributed by atoms with Crippen LogP contribution in [-0.4, -0.2) is 53.9 Å². The largest absolute Gasteiger partial charge is 0.381 e. The molecule has 0 aliphatic carbocycles. The van der Waals surface area contributed by atoms with E-state index in [2.05, 4.69) is 36.6 Å². The number of hydrogen-bond acceptors (Lipinski definition) is 5. The van der Waals surface area contributed by atoms with Crippen molar-refractivity contribution in [3.8, 4) is 0 Å². The Hall–Kier alpha value is -0.920. The van der Waals surface area contributed by atoms with Crippen molar-refractivity contribution >= 4 is 21.6 Å². The van der Waals surface area contributed by atoms with E-state index in [1.807, 2.05) is 0 Å². The van der Waals surface area contributed by atoms with E-state index in [1.54, 1.807) is 13.2 Å². The minimum atomic E-state index is -0.123. The predicted octanol–water partition coefficient (Wildman–Crippen LogP) is -0.140. The van der Waals surface area contributed by atoms with Crippen LogP contribution >= 0.6 is 15.9 Å². The summed E-state index contributed by atoms with van der Waals surface area (Å²) >= 11 is 3.30. The smallest absolute Gasteiger partial charge is 0.282 e. The second-order valence-corrected chi connectivity index (χ2v) is 5.11. The van der Waals surface area contributed by atoms with E-state index in [1.165, 1.54) is 4.68 Å². The van der Waals surface area contributed by atoms with Crippen LogP contribution in [-0.2, 0) is 7.05 Å². The molecule has 0 spiro atoms. The molecule has 0 unspecified atom stereocenters. The maximum Gasteiger partial charge on any atom is 0.282 e. The molecule has 1 saturated heterocycles. The Morgan fingerprint density at radius 2 is 2.22 bits per heavy atom. The monoisotopic (exact) mass is 315 g/mol. The number of rotatable bonds is 4. The molecule has 2 heterocycles. The molecular weight excluding hydrogens is 298 g/mol. The van der Waals surface area contributed by atoms with Crippen molar-refractivity contribution in [2.24, 2.45) is 7.05 Å². The van der Waals surface area contributed by atoms with E-state index in [4.69, 9.17) is 0 Å². The van der Waals surface area contributed by atoms with Crippen LogP contribution in [0, 0.1) is 0 Å². The van der Waals surface area contributed by atoms with Crippen LogP contribution in [0.25, 0.3) is 0 Å². The van der Waals surface area contributed by atoms with Crippen molar-refractivity contribution in [2.75, 3.05) is 44.6 Å². The van der Waals surface area contributed by atoms with Gasteiger partial charge in [-0.2, -0.15) is 5.10 Å². The Morgan fingerprint density at radius 1 is 1.50 bits per heavy atom. The fourth-order valence-electron chi connectivity index (χ4n) is 1.92. The van der Waals surface area contributed by atoms with Gasteiger partial charge in [0.15, 0.2) is 0 Å². The van der Waals surface area contributed by atoms with Crippen molar-refractivity contribution in [2.45, 2.75) is 0 Å². The maximum absolute atomic E-state index is 11.6. The molecule has 1 aliphatic rings. The molecule has 1 fully saturated rings. The third kappa shape index (κ3) is 3.30. The molecule has 2 rings (SSSR count). The van der Waals surface area contributed by atoms with Crippen LogP contribution in [0.3, 0.4) is 0 Å². The third-order valence-corrected chi connectivity index (χ3v) is 3.80. The Balaban J connectivity index is 1.86. The van der Waals surface area contributed by atoms with E-state index in [0.717, 1.165) is 45.0 Å². The number of piperazine rings is 1. The SMILES string of the molecule is Cn1ncc(NCCN2CCNCC2)c(Br)c1=O. The molecule has 0 saturated carbocycles. The summed E-state index contributed by atoms with van der Waals surface area (Å²) in [7, 11) is 1.64. The number of halogens is 1. The van der Waals surface area contributed by atoms with Gasteiger partial charge in [0.1, 0.15) is 4.47 Å². The molecule has 0 radical (unpaired) electrons. The molecule has 1 aromatic rings. The lowest BCUT2D eigenvalue weighted by Gasteiger charge is -2.27. The summed E-state index contributed by atoms with van der Waals surface area (Å²) in [4.78, 5) is 14.0. The molecule has 1 aliphatic heterocycles. The fraction of sp³-hybridized carbons (Fsp3) is 0.636. The van der Waals surface area contributed by atoms with E-state index < -0.39 is 0 Å². The molecule has 0 amide bonds. The highest BCUT2D eigenvalue weighted by Crippen LogP contribution is 2.15. The minimum Gasteiger partial charge on any atom is -0.381 e. The lowest BCUT2D eigenvalue weighted by molar-refractivity contribution is 0.249. The van der Waals surface area contributed by atoms with Gasteiger partial charge in [-0.3, -0.25) is 9.69 Å². The first-order chi connectivity index (χ1) is 8.68. The zero-order chi connectivity index (χ0) is 13.0. The standard InChI is InChI=1S/C11H18BrN5O/c1-16-11(18)10(12)9(8-15-16)14-4-7-17-5-2-13-3-6-17/h8,13-14H,2-7H2,1H3. The number of nitrogens with one attached hydrogen (secondary N) is 2. The highest BCUT2D eigenvalue weighted by Gasteiger charge is 2.10. The first-order valence-corrected chi connectivity index (χ1v) is 6.86. The van der Waals surface area contributed by atoms with Crippen LogP contribution in [0.1, 0.15) is 0 Å². The molecule has 6 nitrogen and oxygen atoms in total. The van der Waals surface area contributed by atoms with Gasteiger partial charge in [0.25, 0.3) is 5.56 Å². The molecule has 1 aromatic heterocycles. The number of aryl methyl sites for hydroxylation is 1. The first-order valence-electron chi connectivity index (χ1n) is 6.07. The van der Waals surface area contributed by atoms with Crippen LogP contribution in [0.15, 0.2) is 15.5 Å². The number of nitrogens with zero attached hydrogens (tertiary/aromatic N) is 3. The third-order valence-electron chi connectivity index (χ3n) is 3.03. The second kappa shape index (κ2) is 6.31. The summed E-state index contributed by atoms with van der Waals surface area (Å²) in [6.45, 7) is 6.06. The van der Waals surface area contributed by atoms with Crippen LogP contribution in [0.2, 0.25) is 0 Å². The predicted molar refractivity (Wildman–Crippen MR) is 75.0 cm³/mol. The first kappa shape index (κ1) is 13.5. The summed E-state index contributed by atoms with van der Waals surface area (Å²) < 4.78 is 1.85. The van der Waals surface area contributed by atoms with Crippen LogP contribution in [0.5, 0.6) is 0 Å². The van der Waals surface area contributed by atoms with E-state index in [9.17, 15) is 4.79 Å². The van der Waals surface area contributed by atoms with Crippen molar-refractivity contribution in [1.29, 1.82) is 0 Å². The molecular formula is C11H18BrN5O. The fourth-order valence-corrected chi connectivity index (χ4v) is 2.42. The Bertz CT molecular complexity index is 455. The summed E-state index contributed by atoms with van der Waals surface area (Å²) in [6, 6.07) is 0. The molecule has 100 valence electrons. The molecule has 2 N–H and O–H groups in total. The van der Waals surface area contributed by atoms with Gasteiger partial charge in [0.05, 0.1) is 11.9 Å². The van der Waals surface area contributed by atoms with Gasteiger partial charge in [-0.05, 0) is 15.9 Å². The van der Waals surface area contributed by atoms with Gasteiger partial charge >= 0.3 is 0 Å². The molecule has 18 heavy (non-hydrogen) atoms.